The van der Waals surface area contributed by atoms with Crippen LogP contribution in [0.15, 0.2) is 77.4 Å². The van der Waals surface area contributed by atoms with E-state index in [-0.39, 0.29) is 65.3 Å². The molecule has 6 aromatic heterocycles. The van der Waals surface area contributed by atoms with Crippen LogP contribution in [0.4, 0.5) is 11.6 Å². The van der Waals surface area contributed by atoms with Crippen molar-refractivity contribution in [1.82, 2.24) is 47.8 Å². The van der Waals surface area contributed by atoms with Crippen molar-refractivity contribution in [2.24, 2.45) is 14.1 Å². The fourth-order valence-electron chi connectivity index (χ4n) is 4.74. The lowest BCUT2D eigenvalue weighted by atomic mass is 10.4. The van der Waals surface area contributed by atoms with E-state index < -0.39 is 28.4 Å². The summed E-state index contributed by atoms with van der Waals surface area (Å²) in [5.41, 5.74) is -1.89. The molecular formula is C32H31Br2ClN12O8. The molecule has 0 saturated heterocycles. The summed E-state index contributed by atoms with van der Waals surface area (Å²) in [6, 6.07) is 10.2. The molecule has 0 aliphatic rings. The Labute approximate surface area is 330 Å². The number of aromatic amines is 1. The second-order valence-electron chi connectivity index (χ2n) is 11.5. The van der Waals surface area contributed by atoms with Gasteiger partial charge in [-0.25, -0.2) is 29.5 Å². The minimum Gasteiger partial charge on any atom is -0.315 e. The van der Waals surface area contributed by atoms with Crippen LogP contribution in [0.5, 0.6) is 0 Å². The number of alkyl halides is 1. The van der Waals surface area contributed by atoms with Gasteiger partial charge in [0, 0.05) is 14.1 Å². The van der Waals surface area contributed by atoms with Crippen LogP contribution in [-0.2, 0) is 52.9 Å². The first-order valence-corrected chi connectivity index (χ1v) is 17.8. The number of fused-ring (bicyclic) bond motifs is 2. The van der Waals surface area contributed by atoms with Crippen LogP contribution in [0, 0.1) is 0 Å². The van der Waals surface area contributed by atoms with Gasteiger partial charge in [-0.15, -0.1) is 11.6 Å². The van der Waals surface area contributed by atoms with Gasteiger partial charge in [0.25, 0.3) is 11.1 Å². The molecule has 2 amide bonds. The number of amides is 2. The number of hydrogen-bond acceptors (Lipinski definition) is 12. The number of aryl methyl sites for hydroxylation is 2. The number of rotatable bonds is 9. The number of Topliss-reactive ketones (excluding diaryl/α,β-unsaturated/α-hetero) is 2. The molecule has 0 aromatic carbocycles. The molecule has 20 nitrogen and oxygen atoms in total. The van der Waals surface area contributed by atoms with Crippen LogP contribution in [-0.4, -0.2) is 77.0 Å². The Morgan fingerprint density at radius 1 is 0.727 bits per heavy atom. The Hall–Kier alpha value is -5.87. The minimum absolute atomic E-state index is 0.0201. The zero-order valence-electron chi connectivity index (χ0n) is 29.4. The fourth-order valence-corrected chi connectivity index (χ4v) is 5.43. The summed E-state index contributed by atoms with van der Waals surface area (Å²) in [6.07, 6.45) is 2.64. The third kappa shape index (κ3) is 10.6. The highest BCUT2D eigenvalue weighted by molar-refractivity contribution is 9.10. The van der Waals surface area contributed by atoms with Gasteiger partial charge in [-0.2, -0.15) is 0 Å². The van der Waals surface area contributed by atoms with E-state index >= 15 is 0 Å². The molecule has 0 aliphatic heterocycles. The maximum absolute atomic E-state index is 12.7. The first-order valence-electron chi connectivity index (χ1n) is 15.7. The van der Waals surface area contributed by atoms with Crippen LogP contribution >= 0.6 is 43.5 Å². The van der Waals surface area contributed by atoms with Crippen molar-refractivity contribution in [3.63, 3.8) is 0 Å². The lowest BCUT2D eigenvalue weighted by Gasteiger charge is -2.09. The first-order chi connectivity index (χ1) is 26.0. The summed E-state index contributed by atoms with van der Waals surface area (Å²) < 4.78 is 7.08. The van der Waals surface area contributed by atoms with Crippen LogP contribution in [0.25, 0.3) is 22.3 Å². The number of aromatic nitrogens is 10. The van der Waals surface area contributed by atoms with Crippen LogP contribution in [0.1, 0.15) is 13.8 Å². The standard InChI is InChI=1S/C16H15BrN6O4.C13H11BrN6O3.C3H5ClO/c1-9(24)6-23-15(26)13-14(21(2)16(23)27)18-8-22(13)7-12(25)20-11-5-3-4-10(17)19-11;1-19-11-10(12(22)18-13(19)23)20(6-15-11)5-9(21)17-8-4-2-3-7(14)16-8;1-3(5)2-4/h3-5,8H,6-7H2,1-2H3,(H,19,20,25);2-4,6H,5H2,1H3,(H,16,17,21)(H,18,22,23);2H2,1H3. The van der Waals surface area contributed by atoms with Gasteiger partial charge in [0.2, 0.25) is 11.8 Å². The predicted octanol–water partition coefficient (Wildman–Crippen LogP) is 1.32. The summed E-state index contributed by atoms with van der Waals surface area (Å²) in [7, 11) is 2.94. The van der Waals surface area contributed by atoms with Gasteiger partial charge in [-0.1, -0.05) is 12.1 Å². The minimum atomic E-state index is -0.672. The number of imidazole rings is 2. The number of nitrogens with one attached hydrogen (secondary N) is 3. The van der Waals surface area contributed by atoms with Crippen LogP contribution in [0.3, 0.4) is 0 Å². The molecule has 0 unspecified atom stereocenters. The number of carbonyl (C=O) groups excluding carboxylic acids is 4. The molecule has 0 fully saturated rings. The zero-order chi connectivity index (χ0) is 40.6. The Bertz CT molecular complexity index is 2680. The first kappa shape index (κ1) is 41.9. The molecule has 6 rings (SSSR count). The van der Waals surface area contributed by atoms with Gasteiger partial charge < -0.3 is 19.8 Å². The summed E-state index contributed by atoms with van der Waals surface area (Å²) >= 11 is 11.4. The van der Waals surface area contributed by atoms with Crippen molar-refractivity contribution in [1.29, 1.82) is 0 Å². The van der Waals surface area contributed by atoms with E-state index in [9.17, 15) is 38.4 Å². The number of H-pyrrole nitrogens is 1. The topological polar surface area (TPSA) is 253 Å². The molecule has 0 spiro atoms. The third-order valence-corrected chi connectivity index (χ3v) is 8.40. The van der Waals surface area contributed by atoms with Crippen molar-refractivity contribution in [2.75, 3.05) is 16.5 Å². The summed E-state index contributed by atoms with van der Waals surface area (Å²) in [5.74, 6) is -0.241. The lowest BCUT2D eigenvalue weighted by molar-refractivity contribution is -0.118. The monoisotopic (exact) mass is 904 g/mol. The highest BCUT2D eigenvalue weighted by atomic mass is 79.9. The van der Waals surface area contributed by atoms with Crippen molar-refractivity contribution < 1.29 is 19.2 Å². The zero-order valence-corrected chi connectivity index (χ0v) is 33.3. The van der Waals surface area contributed by atoms with Gasteiger partial charge in [0.1, 0.15) is 45.5 Å². The number of nitrogens with zero attached hydrogens (tertiary/aromatic N) is 9. The third-order valence-electron chi connectivity index (χ3n) is 7.14. The molecule has 6 aromatic rings. The quantitative estimate of drug-likeness (QED) is 0.137. The van der Waals surface area contributed by atoms with E-state index in [0.717, 1.165) is 4.57 Å². The molecule has 0 saturated carbocycles. The van der Waals surface area contributed by atoms with Crippen molar-refractivity contribution in [3.05, 3.63) is 99.9 Å². The average molecular weight is 907 g/mol. The number of pyridine rings is 2. The molecule has 288 valence electrons. The van der Waals surface area contributed by atoms with E-state index in [1.165, 1.54) is 58.9 Å². The van der Waals surface area contributed by atoms with E-state index in [0.29, 0.717) is 20.8 Å². The summed E-state index contributed by atoms with van der Waals surface area (Å²) in [5, 5.41) is 5.24. The van der Waals surface area contributed by atoms with Crippen LogP contribution in [0.2, 0.25) is 0 Å². The normalized spacial score (nSPS) is 10.6. The highest BCUT2D eigenvalue weighted by Gasteiger charge is 2.19. The number of ketones is 2. The summed E-state index contributed by atoms with van der Waals surface area (Å²) in [6.45, 7) is 2.05. The van der Waals surface area contributed by atoms with Gasteiger partial charge in [0.15, 0.2) is 22.3 Å². The van der Waals surface area contributed by atoms with Gasteiger partial charge in [0.05, 0.1) is 25.1 Å². The molecule has 0 bridgehead atoms. The number of halogens is 3. The second-order valence-corrected chi connectivity index (χ2v) is 13.4. The van der Waals surface area contributed by atoms with Gasteiger partial charge >= 0.3 is 11.4 Å². The molecule has 3 N–H and O–H groups in total. The molecule has 0 radical (unpaired) electrons. The molecule has 0 aliphatic carbocycles. The van der Waals surface area contributed by atoms with Crippen molar-refractivity contribution >= 4 is 101 Å². The van der Waals surface area contributed by atoms with E-state index in [1.54, 1.807) is 36.4 Å². The maximum Gasteiger partial charge on any atom is 0.332 e. The van der Waals surface area contributed by atoms with Crippen molar-refractivity contribution in [2.45, 2.75) is 33.5 Å². The van der Waals surface area contributed by atoms with E-state index in [2.05, 4.69) is 67.4 Å². The van der Waals surface area contributed by atoms with E-state index in [4.69, 9.17) is 11.6 Å². The maximum atomic E-state index is 12.7. The molecule has 55 heavy (non-hydrogen) atoms. The predicted molar refractivity (Wildman–Crippen MR) is 208 cm³/mol. The largest absolute Gasteiger partial charge is 0.332 e. The van der Waals surface area contributed by atoms with Gasteiger partial charge in [-0.3, -0.25) is 47.5 Å². The smallest absolute Gasteiger partial charge is 0.315 e. The summed E-state index contributed by atoms with van der Waals surface area (Å²) in [4.78, 5) is 112. The number of anilines is 2. The lowest BCUT2D eigenvalue weighted by Crippen LogP contribution is -2.41. The van der Waals surface area contributed by atoms with Crippen LogP contribution < -0.4 is 33.1 Å². The second kappa shape index (κ2) is 18.4. The Morgan fingerprint density at radius 2 is 1.20 bits per heavy atom. The fraction of sp³-hybridized carbons (Fsp3) is 0.250. The van der Waals surface area contributed by atoms with Crippen molar-refractivity contribution in [3.8, 4) is 0 Å². The SMILES string of the molecule is CC(=O)CCl.CC(=O)Cn1c(=O)c2c(ncn2CC(=O)Nc2cccc(Br)n2)n(C)c1=O.Cn1c(=O)[nH]c(=O)c2c1ncn2CC(=O)Nc1cccc(Br)n1. The molecule has 0 atom stereocenters. The molecule has 23 heteroatoms. The average Bonchev–Trinajstić information content (AvgIpc) is 3.73. The highest BCUT2D eigenvalue weighted by Crippen LogP contribution is 2.12. The Kier molecular flexibility index (Phi) is 14.0. The molecule has 6 heterocycles. The Morgan fingerprint density at radius 3 is 1.65 bits per heavy atom. The Balaban J connectivity index is 0.000000220. The number of hydrogen-bond donors (Lipinski definition) is 3. The van der Waals surface area contributed by atoms with Gasteiger partial charge in [-0.05, 0) is 70.0 Å². The molecular weight excluding hydrogens is 876 g/mol. The van der Waals surface area contributed by atoms with E-state index in [1.807, 2.05) is 0 Å². The number of carbonyl (C=O) groups is 4.